The van der Waals surface area contributed by atoms with E-state index in [-0.39, 0.29) is 28.4 Å². The smallest absolute Gasteiger partial charge is 0.252 e. The molecule has 0 spiro atoms. The summed E-state index contributed by atoms with van der Waals surface area (Å²) >= 11 is 0. The minimum atomic E-state index is -0.211. The fourth-order valence-corrected chi connectivity index (χ4v) is 9.73. The Morgan fingerprint density at radius 3 is 1.42 bits per heavy atom. The fraction of sp³-hybridized carbons (Fsp3) is 0.263. The Kier molecular flexibility index (Phi) is 9.36. The SMILES string of the molecule is Cc1cc2c3c(c1)N(c1cccc(C(C)(C)c4ccccc4)c1)c1cc(C(C)(C)c4ccccc4)ccc1B3c1cc(C(C)(C)C)ccc1N2c1ccc(C(C)(C)C)cc1. The predicted molar refractivity (Wildman–Crippen MR) is 260 cm³/mol. The molecule has 0 bridgehead atoms. The minimum Gasteiger partial charge on any atom is -0.311 e. The molecule has 0 amide bonds. The molecule has 0 aromatic heterocycles. The molecule has 0 saturated carbocycles. The van der Waals surface area contributed by atoms with E-state index >= 15 is 0 Å². The van der Waals surface area contributed by atoms with Crippen LogP contribution in [0.15, 0.2) is 158 Å². The van der Waals surface area contributed by atoms with E-state index in [1.54, 1.807) is 0 Å². The molecule has 2 heterocycles. The van der Waals surface area contributed by atoms with Crippen LogP contribution in [0.25, 0.3) is 0 Å². The summed E-state index contributed by atoms with van der Waals surface area (Å²) in [5, 5.41) is 0. The molecule has 7 aromatic carbocycles. The van der Waals surface area contributed by atoms with E-state index in [1.165, 1.54) is 89.5 Å². The number of aryl methyl sites for hydroxylation is 1. The molecule has 7 aromatic rings. The molecule has 0 unspecified atom stereocenters. The van der Waals surface area contributed by atoms with Crippen LogP contribution in [0.1, 0.15) is 108 Å². The zero-order valence-electron chi connectivity index (χ0n) is 37.5. The van der Waals surface area contributed by atoms with E-state index in [0.717, 1.165) is 0 Å². The third-order valence-corrected chi connectivity index (χ3v) is 13.6. The first-order chi connectivity index (χ1) is 28.4. The van der Waals surface area contributed by atoms with Crippen molar-refractivity contribution in [3.8, 4) is 0 Å². The van der Waals surface area contributed by atoms with Crippen molar-refractivity contribution in [1.82, 2.24) is 0 Å². The van der Waals surface area contributed by atoms with Gasteiger partial charge in [-0.25, -0.2) is 0 Å². The normalized spacial score (nSPS) is 13.8. The number of rotatable bonds is 6. The van der Waals surface area contributed by atoms with Gasteiger partial charge in [0, 0.05) is 45.0 Å². The maximum absolute atomic E-state index is 2.59. The van der Waals surface area contributed by atoms with Crippen LogP contribution in [-0.2, 0) is 21.7 Å². The molecule has 3 heteroatoms. The Bertz CT molecular complexity index is 2730. The van der Waals surface area contributed by atoms with Gasteiger partial charge in [-0.05, 0) is 122 Å². The summed E-state index contributed by atoms with van der Waals surface area (Å²) in [7, 11) is 0. The third-order valence-electron chi connectivity index (χ3n) is 13.6. The van der Waals surface area contributed by atoms with Gasteiger partial charge in [0.25, 0.3) is 6.71 Å². The lowest BCUT2D eigenvalue weighted by Crippen LogP contribution is -2.61. The number of benzene rings is 7. The Morgan fingerprint density at radius 1 is 0.350 bits per heavy atom. The molecule has 300 valence electrons. The van der Waals surface area contributed by atoms with Crippen LogP contribution < -0.4 is 26.2 Å². The highest BCUT2D eigenvalue weighted by Crippen LogP contribution is 2.47. The van der Waals surface area contributed by atoms with E-state index in [2.05, 4.69) is 244 Å². The van der Waals surface area contributed by atoms with Crippen molar-refractivity contribution >= 4 is 57.2 Å². The highest BCUT2D eigenvalue weighted by atomic mass is 15.2. The molecule has 2 nitrogen and oxygen atoms in total. The summed E-state index contributed by atoms with van der Waals surface area (Å²) in [6, 6.07) is 60.1. The quantitative estimate of drug-likeness (QED) is 0.155. The van der Waals surface area contributed by atoms with Gasteiger partial charge >= 0.3 is 0 Å². The molecule has 0 N–H and O–H groups in total. The second-order valence-corrected chi connectivity index (χ2v) is 20.4. The standard InChI is InChI=1S/C57H59BN2/c1-38-33-51-53-52(34-38)60(46-24-18-23-43(35-46)56(8,9)40-19-14-12-15-20-40)50-37-44(57(10,11)41-21-16-13-17-22-41)27-31-47(50)58(53)48-36-42(55(5,6)7)28-32-49(48)59(51)45-29-25-39(26-30-45)54(2,3)4/h12-37H,1-11H3. The lowest BCUT2D eigenvalue weighted by molar-refractivity contribution is 0.590. The van der Waals surface area contributed by atoms with Crippen molar-refractivity contribution < 1.29 is 0 Å². The van der Waals surface area contributed by atoms with E-state index in [9.17, 15) is 0 Å². The molecular formula is C57H59BN2. The summed E-state index contributed by atoms with van der Waals surface area (Å²) in [6.07, 6.45) is 0. The Balaban J connectivity index is 1.34. The summed E-state index contributed by atoms with van der Waals surface area (Å²) < 4.78 is 0. The maximum atomic E-state index is 2.59. The molecule has 0 saturated heterocycles. The average Bonchev–Trinajstić information content (AvgIpc) is 3.23. The molecule has 0 radical (unpaired) electrons. The predicted octanol–water partition coefficient (Wildman–Crippen LogP) is 13.3. The largest absolute Gasteiger partial charge is 0.311 e. The van der Waals surface area contributed by atoms with E-state index in [4.69, 9.17) is 0 Å². The number of hydrogen-bond donors (Lipinski definition) is 0. The van der Waals surface area contributed by atoms with Gasteiger partial charge in [0.05, 0.1) is 0 Å². The molecule has 0 atom stereocenters. The van der Waals surface area contributed by atoms with Crippen molar-refractivity contribution in [1.29, 1.82) is 0 Å². The van der Waals surface area contributed by atoms with Crippen LogP contribution in [-0.4, -0.2) is 6.71 Å². The van der Waals surface area contributed by atoms with E-state index in [1.807, 2.05) is 0 Å². The van der Waals surface area contributed by atoms with Crippen molar-refractivity contribution in [2.45, 2.75) is 97.8 Å². The first kappa shape index (κ1) is 39.7. The Hall–Kier alpha value is -5.80. The van der Waals surface area contributed by atoms with Crippen LogP contribution >= 0.6 is 0 Å². The van der Waals surface area contributed by atoms with Gasteiger partial charge in [-0.3, -0.25) is 0 Å². The number of anilines is 6. The maximum Gasteiger partial charge on any atom is 0.252 e. The first-order valence-electron chi connectivity index (χ1n) is 21.8. The topological polar surface area (TPSA) is 6.48 Å². The van der Waals surface area contributed by atoms with E-state index in [0.29, 0.717) is 0 Å². The zero-order chi connectivity index (χ0) is 42.4. The lowest BCUT2D eigenvalue weighted by atomic mass is 9.33. The molecule has 2 aliphatic heterocycles. The average molecular weight is 783 g/mol. The van der Waals surface area contributed by atoms with Gasteiger partial charge in [-0.1, -0.05) is 178 Å². The van der Waals surface area contributed by atoms with Crippen LogP contribution in [0.2, 0.25) is 0 Å². The molecule has 9 rings (SSSR count). The first-order valence-corrected chi connectivity index (χ1v) is 21.8. The van der Waals surface area contributed by atoms with E-state index < -0.39 is 0 Å². The second-order valence-electron chi connectivity index (χ2n) is 20.4. The Morgan fingerprint density at radius 2 is 0.850 bits per heavy atom. The zero-order valence-corrected chi connectivity index (χ0v) is 37.5. The number of fused-ring (bicyclic) bond motifs is 4. The van der Waals surface area contributed by atoms with Crippen molar-refractivity contribution in [3.63, 3.8) is 0 Å². The van der Waals surface area contributed by atoms with Gasteiger partial charge in [0.2, 0.25) is 0 Å². The van der Waals surface area contributed by atoms with Gasteiger partial charge in [0.1, 0.15) is 0 Å². The van der Waals surface area contributed by atoms with Crippen LogP contribution in [0, 0.1) is 6.92 Å². The highest BCUT2D eigenvalue weighted by Gasteiger charge is 2.44. The number of hydrogen-bond acceptors (Lipinski definition) is 2. The summed E-state index contributed by atoms with van der Waals surface area (Å²) in [4.78, 5) is 5.13. The second kappa shape index (κ2) is 14.2. The van der Waals surface area contributed by atoms with Crippen molar-refractivity contribution in [2.24, 2.45) is 0 Å². The third kappa shape index (κ3) is 6.58. The van der Waals surface area contributed by atoms with Gasteiger partial charge < -0.3 is 9.80 Å². The summed E-state index contributed by atoms with van der Waals surface area (Å²) in [5.74, 6) is 0. The van der Waals surface area contributed by atoms with Crippen LogP contribution in [0.3, 0.4) is 0 Å². The fourth-order valence-electron chi connectivity index (χ4n) is 9.73. The summed E-state index contributed by atoms with van der Waals surface area (Å²) in [5.41, 5.74) is 20.2. The van der Waals surface area contributed by atoms with Gasteiger partial charge in [0.15, 0.2) is 0 Å². The van der Waals surface area contributed by atoms with Gasteiger partial charge in [-0.15, -0.1) is 0 Å². The Labute approximate surface area is 360 Å². The lowest BCUT2D eigenvalue weighted by Gasteiger charge is -2.45. The monoisotopic (exact) mass is 782 g/mol. The van der Waals surface area contributed by atoms with Crippen LogP contribution in [0.4, 0.5) is 34.1 Å². The molecule has 2 aliphatic rings. The molecular weight excluding hydrogens is 723 g/mol. The highest BCUT2D eigenvalue weighted by molar-refractivity contribution is 7.00. The van der Waals surface area contributed by atoms with Crippen molar-refractivity contribution in [2.75, 3.05) is 9.80 Å². The molecule has 60 heavy (non-hydrogen) atoms. The molecule has 0 fully saturated rings. The van der Waals surface area contributed by atoms with Gasteiger partial charge in [-0.2, -0.15) is 0 Å². The molecule has 0 aliphatic carbocycles. The van der Waals surface area contributed by atoms with Crippen molar-refractivity contribution in [3.05, 3.63) is 197 Å². The number of nitrogens with zero attached hydrogens (tertiary/aromatic N) is 2. The van der Waals surface area contributed by atoms with Crippen LogP contribution in [0.5, 0.6) is 0 Å². The minimum absolute atomic E-state index is 0.0102. The summed E-state index contributed by atoms with van der Waals surface area (Å²) in [6.45, 7) is 25.6.